The van der Waals surface area contributed by atoms with E-state index in [2.05, 4.69) is 23.3 Å². The lowest BCUT2D eigenvalue weighted by molar-refractivity contribution is 0.126. The van der Waals surface area contributed by atoms with Crippen LogP contribution in [0.2, 0.25) is 0 Å². The molecule has 5 aliphatic rings. The number of allylic oxidation sites excluding steroid dienone is 1. The Balaban J connectivity index is 1.52. The van der Waals surface area contributed by atoms with Gasteiger partial charge in [0.15, 0.2) is 6.23 Å². The van der Waals surface area contributed by atoms with Gasteiger partial charge < -0.3 is 10.1 Å². The molecule has 0 spiro atoms. The van der Waals surface area contributed by atoms with E-state index in [0.29, 0.717) is 18.1 Å². The van der Waals surface area contributed by atoms with Gasteiger partial charge in [-0.05, 0) is 67.1 Å². The predicted octanol–water partition coefficient (Wildman–Crippen LogP) is 5.93. The first kappa shape index (κ1) is 15.1. The van der Waals surface area contributed by atoms with Crippen LogP contribution in [0, 0.1) is 29.1 Å². The van der Waals surface area contributed by atoms with E-state index < -0.39 is 18.6 Å². The number of fused-ring (bicyclic) bond motifs is 4. The molecule has 29 heavy (non-hydrogen) atoms. The molecule has 0 aromatic carbocycles. The maximum absolute atomic E-state index is 9.17. The average molecular weight is 420 g/mol. The Morgan fingerprint density at radius 1 is 1.34 bits per heavy atom. The molecule has 7 atom stereocenters. The minimum atomic E-state index is -2.15. The van der Waals surface area contributed by atoms with Crippen LogP contribution in [0.15, 0.2) is 27.3 Å². The standard InChI is InChI=1S/C25H38N2OS/c1-14-9-10-17-16-7-6-8-18(23(16)28-24(17)27-14)22-21-19(13-25(3,4)5)15(2)29-20(21)11-12-26-22/h11,15-17,19,21-22,24,26H,6-10,12-13H2,1-5H3/t15-,16+,17?,19?,21+,22?,24?/m1/s1/i1D3,13D2. The average Bonchev–Trinajstić information content (AvgIpc) is 3.28. The molecule has 1 aliphatic carbocycles. The topological polar surface area (TPSA) is 33.6 Å². The molecule has 4 aliphatic heterocycles. The quantitative estimate of drug-likeness (QED) is 0.602. The fraction of sp³-hybridized carbons (Fsp3) is 0.800. The van der Waals surface area contributed by atoms with Gasteiger partial charge >= 0.3 is 0 Å². The molecule has 0 saturated carbocycles. The molecule has 0 radical (unpaired) electrons. The van der Waals surface area contributed by atoms with Crippen molar-refractivity contribution in [3.8, 4) is 0 Å². The van der Waals surface area contributed by atoms with Crippen LogP contribution in [0.25, 0.3) is 0 Å². The van der Waals surface area contributed by atoms with Crippen LogP contribution in [-0.4, -0.2) is 29.8 Å². The lowest BCUT2D eigenvalue weighted by atomic mass is 9.69. The van der Waals surface area contributed by atoms with Crippen molar-refractivity contribution in [3.63, 3.8) is 0 Å². The van der Waals surface area contributed by atoms with Gasteiger partial charge in [-0.15, -0.1) is 11.8 Å². The molecule has 4 unspecified atom stereocenters. The van der Waals surface area contributed by atoms with E-state index in [1.165, 1.54) is 10.5 Å². The molecule has 160 valence electrons. The van der Waals surface area contributed by atoms with Gasteiger partial charge in [-0.1, -0.05) is 33.8 Å². The zero-order chi connectivity index (χ0) is 24.6. The number of nitrogens with zero attached hydrogens (tertiary/aromatic N) is 1. The monoisotopic (exact) mass is 419 g/mol. The highest BCUT2D eigenvalue weighted by atomic mass is 32.2. The predicted molar refractivity (Wildman–Crippen MR) is 123 cm³/mol. The molecule has 4 heteroatoms. The molecular formula is C25H38N2OS. The van der Waals surface area contributed by atoms with Gasteiger partial charge in [-0.25, -0.2) is 0 Å². The fourth-order valence-corrected chi connectivity index (χ4v) is 7.57. The van der Waals surface area contributed by atoms with E-state index >= 15 is 0 Å². The summed E-state index contributed by atoms with van der Waals surface area (Å²) < 4.78 is 48.2. The third-order valence-corrected chi connectivity index (χ3v) is 8.64. The summed E-state index contributed by atoms with van der Waals surface area (Å²) in [5.41, 5.74) is 1.13. The Bertz CT molecular complexity index is 935. The molecule has 2 fully saturated rings. The second-order valence-corrected chi connectivity index (χ2v) is 11.9. The third-order valence-electron chi connectivity index (χ3n) is 7.26. The smallest absolute Gasteiger partial charge is 0.192 e. The van der Waals surface area contributed by atoms with Gasteiger partial charge in [0.05, 0.1) is 0 Å². The number of thioether (sulfide) groups is 1. The van der Waals surface area contributed by atoms with Gasteiger partial charge in [-0.3, -0.25) is 4.99 Å². The van der Waals surface area contributed by atoms with Crippen molar-refractivity contribution >= 4 is 17.5 Å². The van der Waals surface area contributed by atoms with Gasteiger partial charge in [0.1, 0.15) is 5.76 Å². The van der Waals surface area contributed by atoms with Crippen LogP contribution in [0.5, 0.6) is 0 Å². The second-order valence-electron chi connectivity index (χ2n) is 10.4. The Morgan fingerprint density at radius 2 is 2.21 bits per heavy atom. The summed E-state index contributed by atoms with van der Waals surface area (Å²) in [7, 11) is 0. The van der Waals surface area contributed by atoms with E-state index in [9.17, 15) is 2.74 Å². The molecule has 3 nitrogen and oxygen atoms in total. The van der Waals surface area contributed by atoms with E-state index in [4.69, 9.17) is 8.85 Å². The summed E-state index contributed by atoms with van der Waals surface area (Å²) in [4.78, 5) is 5.91. The Hall–Kier alpha value is -0.740. The second kappa shape index (κ2) is 7.44. The number of rotatable bonds is 2. The summed E-state index contributed by atoms with van der Waals surface area (Å²) in [6, 6.07) is 0.0592. The van der Waals surface area contributed by atoms with E-state index in [1.54, 1.807) is 0 Å². The van der Waals surface area contributed by atoms with Crippen LogP contribution < -0.4 is 5.32 Å². The summed E-state index contributed by atoms with van der Waals surface area (Å²) in [5.74, 6) is 1.59. The number of aliphatic imine (C=N–C) groups is 1. The van der Waals surface area contributed by atoms with E-state index in [0.717, 1.165) is 38.0 Å². The summed E-state index contributed by atoms with van der Waals surface area (Å²) in [6.07, 6.45) is 5.01. The van der Waals surface area contributed by atoms with Crippen molar-refractivity contribution in [1.29, 1.82) is 0 Å². The summed E-state index contributed by atoms with van der Waals surface area (Å²) in [5, 5.41) is 3.95. The van der Waals surface area contributed by atoms with Crippen LogP contribution in [0.3, 0.4) is 0 Å². The molecule has 0 amide bonds. The van der Waals surface area contributed by atoms with Gasteiger partial charge in [0, 0.05) is 48.2 Å². The van der Waals surface area contributed by atoms with Gasteiger partial charge in [0.25, 0.3) is 0 Å². The van der Waals surface area contributed by atoms with Crippen LogP contribution in [0.1, 0.15) is 79.9 Å². The van der Waals surface area contributed by atoms with Crippen molar-refractivity contribution in [3.05, 3.63) is 22.3 Å². The highest BCUT2D eigenvalue weighted by molar-refractivity contribution is 8.04. The maximum atomic E-state index is 9.17. The van der Waals surface area contributed by atoms with Crippen LogP contribution in [-0.2, 0) is 4.74 Å². The maximum Gasteiger partial charge on any atom is 0.192 e. The first-order chi connectivity index (χ1) is 15.8. The van der Waals surface area contributed by atoms with Crippen molar-refractivity contribution in [1.82, 2.24) is 5.32 Å². The Labute approximate surface area is 188 Å². The van der Waals surface area contributed by atoms with Gasteiger partial charge in [-0.2, -0.15) is 0 Å². The highest BCUT2D eigenvalue weighted by Crippen LogP contribution is 2.56. The van der Waals surface area contributed by atoms with Crippen molar-refractivity contribution in [2.75, 3.05) is 6.54 Å². The van der Waals surface area contributed by atoms with Crippen LogP contribution >= 0.6 is 11.8 Å². The lowest BCUT2D eigenvalue weighted by Crippen LogP contribution is -2.45. The zero-order valence-corrected chi connectivity index (χ0v) is 18.9. The number of hydrogen-bond acceptors (Lipinski definition) is 4. The number of ether oxygens (including phenoxy) is 1. The number of hydrogen-bond donors (Lipinski definition) is 1. The Kier molecular flexibility index (Phi) is 3.88. The molecule has 0 aromatic rings. The molecule has 0 bridgehead atoms. The fourth-order valence-electron chi connectivity index (χ4n) is 6.14. The van der Waals surface area contributed by atoms with E-state index in [1.807, 2.05) is 32.5 Å². The summed E-state index contributed by atoms with van der Waals surface area (Å²) >= 11 is 1.85. The molecule has 2 saturated heterocycles. The number of nitrogens with one attached hydrogen (secondary N) is 1. The van der Waals surface area contributed by atoms with Gasteiger partial charge in [0.2, 0.25) is 0 Å². The molecule has 0 aromatic heterocycles. The zero-order valence-electron chi connectivity index (χ0n) is 23.1. The first-order valence-corrected chi connectivity index (χ1v) is 12.3. The third kappa shape index (κ3) is 3.63. The van der Waals surface area contributed by atoms with Crippen molar-refractivity contribution < 1.29 is 11.6 Å². The molecular weight excluding hydrogens is 376 g/mol. The van der Waals surface area contributed by atoms with Crippen molar-refractivity contribution in [2.24, 2.45) is 34.1 Å². The van der Waals surface area contributed by atoms with Crippen LogP contribution in [0.4, 0.5) is 0 Å². The van der Waals surface area contributed by atoms with E-state index in [-0.39, 0.29) is 35.3 Å². The van der Waals surface area contributed by atoms with Crippen molar-refractivity contribution in [2.45, 2.75) is 90.5 Å². The molecule has 5 rings (SSSR count). The Morgan fingerprint density at radius 3 is 3.00 bits per heavy atom. The lowest BCUT2D eigenvalue weighted by Gasteiger charge is -2.39. The highest BCUT2D eigenvalue weighted by Gasteiger charge is 2.50. The normalized spacial score (nSPS) is 45.4. The first-order valence-electron chi connectivity index (χ1n) is 13.9. The molecule has 4 heterocycles. The molecule has 1 N–H and O–H groups in total. The minimum Gasteiger partial charge on any atom is -0.472 e. The SMILES string of the molecule is [2H]C([2H])([2H])C1=NC2OC3=C(C4NCC=C5S[C@H](C)C(C([2H])([2H])C(C)(C)C)[C@@H]54)CCC[C@H]3C2CC1. The minimum absolute atomic E-state index is 0.0592. The largest absolute Gasteiger partial charge is 0.472 e. The summed E-state index contributed by atoms with van der Waals surface area (Å²) in [6.45, 7) is 6.87.